The summed E-state index contributed by atoms with van der Waals surface area (Å²) in [5.41, 5.74) is 2.02. The van der Waals surface area contributed by atoms with E-state index in [1.54, 1.807) is 6.92 Å². The van der Waals surface area contributed by atoms with Gasteiger partial charge >= 0.3 is 0 Å². The van der Waals surface area contributed by atoms with Gasteiger partial charge < -0.3 is 14.5 Å². The Labute approximate surface area is 157 Å². The maximum Gasteiger partial charge on any atom is 0.159 e. The van der Waals surface area contributed by atoms with E-state index in [1.165, 1.54) is 51.0 Å². The molecule has 0 unspecified atom stereocenters. The molecule has 142 valence electrons. The molecule has 0 radical (unpaired) electrons. The first-order valence-electron chi connectivity index (χ1n) is 10.4. The van der Waals surface area contributed by atoms with Crippen LogP contribution in [0.2, 0.25) is 0 Å². The molecule has 3 fully saturated rings. The molecular formula is C22H32N2O2. The molecule has 4 nitrogen and oxygen atoms in total. The third kappa shape index (κ3) is 4.66. The van der Waals surface area contributed by atoms with Gasteiger partial charge in [0.2, 0.25) is 0 Å². The lowest BCUT2D eigenvalue weighted by molar-refractivity contribution is -0.0512. The molecule has 2 heterocycles. The van der Waals surface area contributed by atoms with Crippen LogP contribution in [0.3, 0.4) is 0 Å². The number of hydrogen-bond acceptors (Lipinski definition) is 4. The number of rotatable bonds is 6. The molecule has 3 aliphatic rings. The van der Waals surface area contributed by atoms with Gasteiger partial charge in [0.15, 0.2) is 5.78 Å². The van der Waals surface area contributed by atoms with Crippen LogP contribution in [0.1, 0.15) is 55.8 Å². The summed E-state index contributed by atoms with van der Waals surface area (Å²) in [5.74, 6) is 1.13. The van der Waals surface area contributed by atoms with Crippen molar-refractivity contribution in [2.24, 2.45) is 5.92 Å². The summed E-state index contributed by atoms with van der Waals surface area (Å²) in [6.45, 7) is 7.49. The van der Waals surface area contributed by atoms with E-state index in [0.29, 0.717) is 12.2 Å². The molecule has 0 bridgehead atoms. The van der Waals surface area contributed by atoms with Gasteiger partial charge in [-0.1, -0.05) is 0 Å². The van der Waals surface area contributed by atoms with Crippen molar-refractivity contribution < 1.29 is 9.53 Å². The highest BCUT2D eigenvalue weighted by Gasteiger charge is 2.29. The van der Waals surface area contributed by atoms with Crippen molar-refractivity contribution in [1.29, 1.82) is 0 Å². The van der Waals surface area contributed by atoms with E-state index >= 15 is 0 Å². The Bertz CT molecular complexity index is 595. The molecule has 1 aliphatic carbocycles. The van der Waals surface area contributed by atoms with E-state index in [2.05, 4.69) is 21.9 Å². The molecule has 0 atom stereocenters. The van der Waals surface area contributed by atoms with Gasteiger partial charge in [-0.05, 0) is 75.6 Å². The van der Waals surface area contributed by atoms with Crippen molar-refractivity contribution in [2.75, 3.05) is 37.6 Å². The van der Waals surface area contributed by atoms with Gasteiger partial charge in [0, 0.05) is 44.0 Å². The van der Waals surface area contributed by atoms with Crippen LogP contribution in [0.15, 0.2) is 24.3 Å². The number of carbonyl (C=O) groups excluding carboxylic acids is 1. The van der Waals surface area contributed by atoms with Gasteiger partial charge in [0.05, 0.1) is 12.2 Å². The molecule has 0 N–H and O–H groups in total. The Hall–Kier alpha value is -1.39. The Balaban J connectivity index is 1.19. The van der Waals surface area contributed by atoms with E-state index in [1.807, 2.05) is 12.1 Å². The average Bonchev–Trinajstić information content (AvgIpc) is 3.48. The molecule has 2 saturated heterocycles. The van der Waals surface area contributed by atoms with Crippen molar-refractivity contribution in [3.63, 3.8) is 0 Å². The summed E-state index contributed by atoms with van der Waals surface area (Å²) < 4.78 is 6.44. The molecule has 1 saturated carbocycles. The number of ketones is 1. The predicted octanol–water partition coefficient (Wildman–Crippen LogP) is 3.75. The van der Waals surface area contributed by atoms with E-state index in [0.717, 1.165) is 37.4 Å². The fraction of sp³-hybridized carbons (Fsp3) is 0.682. The quantitative estimate of drug-likeness (QED) is 0.727. The topological polar surface area (TPSA) is 32.8 Å². The van der Waals surface area contributed by atoms with Gasteiger partial charge in [-0.25, -0.2) is 0 Å². The third-order valence-electron chi connectivity index (χ3n) is 6.21. The Morgan fingerprint density at radius 3 is 2.04 bits per heavy atom. The second-order valence-corrected chi connectivity index (χ2v) is 8.37. The van der Waals surface area contributed by atoms with Crippen LogP contribution in [0.4, 0.5) is 5.69 Å². The number of hydrogen-bond donors (Lipinski definition) is 0. The predicted molar refractivity (Wildman–Crippen MR) is 105 cm³/mol. The van der Waals surface area contributed by atoms with E-state index in [9.17, 15) is 4.79 Å². The number of benzene rings is 1. The molecule has 0 aromatic heterocycles. The first kappa shape index (κ1) is 18.0. The molecule has 1 aromatic carbocycles. The number of anilines is 1. The first-order valence-corrected chi connectivity index (χ1v) is 10.4. The number of carbonyl (C=O) groups is 1. The zero-order valence-corrected chi connectivity index (χ0v) is 16.0. The Kier molecular flexibility index (Phi) is 5.60. The molecule has 26 heavy (non-hydrogen) atoms. The summed E-state index contributed by atoms with van der Waals surface area (Å²) in [4.78, 5) is 16.5. The fourth-order valence-electron chi connectivity index (χ4n) is 4.32. The monoisotopic (exact) mass is 356 g/mol. The van der Waals surface area contributed by atoms with Crippen molar-refractivity contribution in [2.45, 2.75) is 57.7 Å². The van der Waals surface area contributed by atoms with Crippen LogP contribution in [-0.4, -0.2) is 55.6 Å². The van der Waals surface area contributed by atoms with E-state index in [4.69, 9.17) is 4.74 Å². The van der Waals surface area contributed by atoms with Crippen molar-refractivity contribution in [3.8, 4) is 0 Å². The lowest BCUT2D eigenvalue weighted by Gasteiger charge is -2.38. The molecular weight excluding hydrogens is 324 g/mol. The van der Waals surface area contributed by atoms with E-state index < -0.39 is 0 Å². The molecule has 4 heteroatoms. The number of nitrogens with zero attached hydrogens (tertiary/aromatic N) is 2. The second kappa shape index (κ2) is 8.10. The van der Waals surface area contributed by atoms with Gasteiger partial charge in [-0.2, -0.15) is 0 Å². The van der Waals surface area contributed by atoms with Gasteiger partial charge in [-0.15, -0.1) is 0 Å². The summed E-state index contributed by atoms with van der Waals surface area (Å²) in [7, 11) is 0. The lowest BCUT2D eigenvalue weighted by atomic mass is 10.0. The third-order valence-corrected chi connectivity index (χ3v) is 6.21. The van der Waals surface area contributed by atoms with Gasteiger partial charge in [0.25, 0.3) is 0 Å². The number of likely N-dealkylation sites (tertiary alicyclic amines) is 1. The molecule has 2 aliphatic heterocycles. The van der Waals surface area contributed by atoms with Crippen LogP contribution >= 0.6 is 0 Å². The summed E-state index contributed by atoms with van der Waals surface area (Å²) in [6.07, 6.45) is 8.42. The molecule has 4 rings (SSSR count). The minimum atomic E-state index is 0.131. The van der Waals surface area contributed by atoms with Crippen molar-refractivity contribution in [1.82, 2.24) is 4.90 Å². The highest BCUT2D eigenvalue weighted by Crippen LogP contribution is 2.31. The standard InChI is InChI=1S/C22H32N2O2/c1-17(25)19-4-6-20(7-5-19)24-14-10-22(11-15-24)26-21-8-12-23(13-9-21)16-18-2-3-18/h4-7,18,21-22H,2-3,8-16H2,1H3. The van der Waals surface area contributed by atoms with Crippen LogP contribution in [0, 0.1) is 5.92 Å². The highest BCUT2D eigenvalue weighted by atomic mass is 16.5. The van der Waals surface area contributed by atoms with Gasteiger partial charge in [-0.3, -0.25) is 4.79 Å². The smallest absolute Gasteiger partial charge is 0.159 e. The average molecular weight is 357 g/mol. The maximum absolute atomic E-state index is 11.4. The summed E-state index contributed by atoms with van der Waals surface area (Å²) >= 11 is 0. The SMILES string of the molecule is CC(=O)c1ccc(N2CCC(OC3CCN(CC4CC4)CC3)CC2)cc1. The Morgan fingerprint density at radius 2 is 1.50 bits per heavy atom. The highest BCUT2D eigenvalue weighted by molar-refractivity contribution is 5.94. The van der Waals surface area contributed by atoms with Crippen LogP contribution < -0.4 is 4.90 Å². The molecule has 0 amide bonds. The molecule has 1 aromatic rings. The lowest BCUT2D eigenvalue weighted by Crippen LogP contribution is -2.42. The number of piperidine rings is 2. The zero-order valence-electron chi connectivity index (χ0n) is 16.0. The van der Waals surface area contributed by atoms with Crippen LogP contribution in [0.25, 0.3) is 0 Å². The normalized spacial score (nSPS) is 23.3. The molecule has 0 spiro atoms. The number of ether oxygens (including phenoxy) is 1. The maximum atomic E-state index is 11.4. The van der Waals surface area contributed by atoms with Gasteiger partial charge in [0.1, 0.15) is 0 Å². The zero-order chi connectivity index (χ0) is 17.9. The first-order chi connectivity index (χ1) is 12.7. The largest absolute Gasteiger partial charge is 0.375 e. The minimum absolute atomic E-state index is 0.131. The summed E-state index contributed by atoms with van der Waals surface area (Å²) in [6, 6.07) is 8.03. The van der Waals surface area contributed by atoms with Crippen molar-refractivity contribution >= 4 is 11.5 Å². The Morgan fingerprint density at radius 1 is 0.923 bits per heavy atom. The minimum Gasteiger partial charge on any atom is -0.375 e. The van der Waals surface area contributed by atoms with Crippen molar-refractivity contribution in [3.05, 3.63) is 29.8 Å². The number of Topliss-reactive ketones (excluding diaryl/α,β-unsaturated/α-hetero) is 1. The fourth-order valence-corrected chi connectivity index (χ4v) is 4.32. The van der Waals surface area contributed by atoms with E-state index in [-0.39, 0.29) is 5.78 Å². The summed E-state index contributed by atoms with van der Waals surface area (Å²) in [5, 5.41) is 0. The van der Waals surface area contributed by atoms with Crippen LogP contribution in [0.5, 0.6) is 0 Å². The second-order valence-electron chi connectivity index (χ2n) is 8.37. The van der Waals surface area contributed by atoms with Crippen LogP contribution in [-0.2, 0) is 4.74 Å².